The highest BCUT2D eigenvalue weighted by Crippen LogP contribution is 2.27. The van der Waals surface area contributed by atoms with Gasteiger partial charge in [-0.2, -0.15) is 20.6 Å². The predicted molar refractivity (Wildman–Crippen MR) is 74.6 cm³/mol. The lowest BCUT2D eigenvalue weighted by molar-refractivity contribution is 0.626. The predicted octanol–water partition coefficient (Wildman–Crippen LogP) is 1.63. The van der Waals surface area contributed by atoms with Gasteiger partial charge in [0.1, 0.15) is 10.8 Å². The van der Waals surface area contributed by atoms with Crippen molar-refractivity contribution < 1.29 is 4.39 Å². The van der Waals surface area contributed by atoms with Gasteiger partial charge in [0.25, 0.3) is 0 Å². The van der Waals surface area contributed by atoms with E-state index in [4.69, 9.17) is 11.0 Å². The summed E-state index contributed by atoms with van der Waals surface area (Å²) in [5.74, 6) is 0.0519. The summed E-state index contributed by atoms with van der Waals surface area (Å²) in [7, 11) is 0. The summed E-state index contributed by atoms with van der Waals surface area (Å²) < 4.78 is 13.3. The molecule has 0 bridgehead atoms. The smallest absolute Gasteiger partial charge is 0.223 e. The fraction of sp³-hybridized carbons (Fsp3) is 0.0833. The van der Waals surface area contributed by atoms with E-state index in [1.165, 1.54) is 30.0 Å². The van der Waals surface area contributed by atoms with Crippen LogP contribution in [0.15, 0.2) is 23.2 Å². The van der Waals surface area contributed by atoms with E-state index in [1.54, 1.807) is 0 Å². The maximum absolute atomic E-state index is 13.3. The summed E-state index contributed by atoms with van der Waals surface area (Å²) in [6.45, 7) is 0. The summed E-state index contributed by atoms with van der Waals surface area (Å²) in [4.78, 5) is 8.03. The number of nitrogen functional groups attached to an aromatic ring is 1. The fourth-order valence-corrected chi connectivity index (χ4v) is 2.74. The highest BCUT2D eigenvalue weighted by atomic mass is 32.2. The fourth-order valence-electron chi connectivity index (χ4n) is 1.77. The molecular formula is C12H8FN7S. The molecule has 0 atom stereocenters. The molecule has 0 saturated carbocycles. The van der Waals surface area contributed by atoms with Crippen LogP contribution in [0, 0.1) is 17.1 Å². The number of nitrogens with two attached hydrogens (primary N) is 1. The maximum atomic E-state index is 13.3. The number of nitrogens with zero attached hydrogens (tertiary/aromatic N) is 5. The van der Waals surface area contributed by atoms with Gasteiger partial charge in [-0.3, -0.25) is 0 Å². The van der Waals surface area contributed by atoms with Crippen LogP contribution in [0.4, 0.5) is 10.3 Å². The zero-order chi connectivity index (χ0) is 14.8. The van der Waals surface area contributed by atoms with Crippen LogP contribution >= 0.6 is 11.8 Å². The minimum absolute atomic E-state index is 0.0821. The number of aromatic amines is 1. The number of hydrogen-bond acceptors (Lipinski definition) is 7. The molecule has 0 unspecified atom stereocenters. The first-order valence-corrected chi connectivity index (χ1v) is 6.81. The first-order valence-electron chi connectivity index (χ1n) is 5.82. The van der Waals surface area contributed by atoms with E-state index >= 15 is 0 Å². The van der Waals surface area contributed by atoms with Gasteiger partial charge in [0, 0.05) is 5.75 Å². The van der Waals surface area contributed by atoms with Crippen LogP contribution in [0.3, 0.4) is 0 Å². The number of fused-ring (bicyclic) bond motifs is 1. The Morgan fingerprint density at radius 1 is 1.33 bits per heavy atom. The highest BCUT2D eigenvalue weighted by molar-refractivity contribution is 7.98. The van der Waals surface area contributed by atoms with Crippen molar-refractivity contribution in [3.05, 3.63) is 35.1 Å². The minimum atomic E-state index is -0.390. The summed E-state index contributed by atoms with van der Waals surface area (Å²) in [5, 5.41) is 19.8. The average Bonchev–Trinajstić information content (AvgIpc) is 2.93. The third-order valence-corrected chi connectivity index (χ3v) is 3.73. The van der Waals surface area contributed by atoms with Crippen LogP contribution in [-0.2, 0) is 5.75 Å². The number of anilines is 1. The van der Waals surface area contributed by atoms with Crippen LogP contribution in [0.2, 0.25) is 0 Å². The molecule has 0 aliphatic rings. The Hall–Kier alpha value is -2.73. The quantitative estimate of drug-likeness (QED) is 0.557. The molecule has 9 heteroatoms. The average molecular weight is 301 g/mol. The lowest BCUT2D eigenvalue weighted by atomic mass is 10.1. The first-order chi connectivity index (χ1) is 10.2. The largest absolute Gasteiger partial charge is 0.368 e. The van der Waals surface area contributed by atoms with Gasteiger partial charge in [-0.1, -0.05) is 11.8 Å². The minimum Gasteiger partial charge on any atom is -0.368 e. The van der Waals surface area contributed by atoms with E-state index in [1.807, 2.05) is 6.07 Å². The van der Waals surface area contributed by atoms with Gasteiger partial charge in [0.2, 0.25) is 11.6 Å². The molecule has 21 heavy (non-hydrogen) atoms. The summed E-state index contributed by atoms with van der Waals surface area (Å²) in [5.41, 5.74) is 7.46. The van der Waals surface area contributed by atoms with Crippen molar-refractivity contribution in [1.29, 1.82) is 5.26 Å². The Balaban J connectivity index is 1.92. The number of thioether (sulfide) groups is 1. The van der Waals surface area contributed by atoms with Crippen LogP contribution in [0.5, 0.6) is 0 Å². The van der Waals surface area contributed by atoms with Gasteiger partial charge in [0.05, 0.1) is 11.6 Å². The van der Waals surface area contributed by atoms with Gasteiger partial charge in [-0.15, -0.1) is 5.10 Å². The third-order valence-electron chi connectivity index (χ3n) is 2.72. The Morgan fingerprint density at radius 2 is 2.19 bits per heavy atom. The maximum Gasteiger partial charge on any atom is 0.223 e. The Kier molecular flexibility index (Phi) is 3.37. The molecule has 3 rings (SSSR count). The van der Waals surface area contributed by atoms with Crippen LogP contribution < -0.4 is 5.73 Å². The van der Waals surface area contributed by atoms with Crippen molar-refractivity contribution in [2.45, 2.75) is 10.8 Å². The second-order valence-electron chi connectivity index (χ2n) is 4.08. The first kappa shape index (κ1) is 13.3. The number of aromatic nitrogens is 5. The number of halogens is 1. The van der Waals surface area contributed by atoms with Gasteiger partial charge in [0.15, 0.2) is 5.52 Å². The molecule has 0 spiro atoms. The SMILES string of the molecule is N#Cc1ccc(F)cc1CSc1nc(N)nc2n[nH]nc12. The molecule has 3 aromatic rings. The van der Waals surface area contributed by atoms with Crippen molar-refractivity contribution in [2.75, 3.05) is 5.73 Å². The van der Waals surface area contributed by atoms with Gasteiger partial charge < -0.3 is 5.73 Å². The summed E-state index contributed by atoms with van der Waals surface area (Å²) in [6.07, 6.45) is 0. The molecule has 0 radical (unpaired) electrons. The molecule has 0 fully saturated rings. The molecular weight excluding hydrogens is 293 g/mol. The van der Waals surface area contributed by atoms with Gasteiger partial charge >= 0.3 is 0 Å². The monoisotopic (exact) mass is 301 g/mol. The van der Waals surface area contributed by atoms with E-state index in [0.29, 0.717) is 33.1 Å². The van der Waals surface area contributed by atoms with Crippen LogP contribution in [0.1, 0.15) is 11.1 Å². The molecule has 0 amide bonds. The number of nitriles is 1. The lowest BCUT2D eigenvalue weighted by Gasteiger charge is -2.04. The molecule has 1 aromatic carbocycles. The van der Waals surface area contributed by atoms with E-state index in [0.717, 1.165) is 0 Å². The lowest BCUT2D eigenvalue weighted by Crippen LogP contribution is -1.97. The zero-order valence-corrected chi connectivity index (χ0v) is 11.4. The highest BCUT2D eigenvalue weighted by Gasteiger charge is 2.12. The topological polar surface area (TPSA) is 117 Å². The van der Waals surface area contributed by atoms with E-state index in [9.17, 15) is 4.39 Å². The Morgan fingerprint density at radius 3 is 3.00 bits per heavy atom. The van der Waals surface area contributed by atoms with E-state index < -0.39 is 5.82 Å². The zero-order valence-electron chi connectivity index (χ0n) is 10.5. The van der Waals surface area contributed by atoms with Crippen molar-refractivity contribution in [2.24, 2.45) is 0 Å². The van der Waals surface area contributed by atoms with Gasteiger partial charge in [-0.25, -0.2) is 9.37 Å². The molecule has 2 heterocycles. The molecule has 0 aliphatic carbocycles. The number of nitrogens with one attached hydrogen (secondary N) is 1. The number of H-pyrrole nitrogens is 1. The standard InChI is InChI=1S/C12H8FN7S/c13-8-2-1-6(4-14)7(3-8)5-21-11-9-10(19-20-18-9)16-12(15)17-11/h1-3H,5H2,(H3,15,16,17,18,19,20). The Labute approximate surface area is 122 Å². The number of rotatable bonds is 3. The van der Waals surface area contributed by atoms with E-state index in [2.05, 4.69) is 25.4 Å². The molecule has 2 aromatic heterocycles. The molecule has 0 saturated heterocycles. The second kappa shape index (κ2) is 5.34. The molecule has 104 valence electrons. The van der Waals surface area contributed by atoms with Crippen molar-refractivity contribution in [1.82, 2.24) is 25.4 Å². The second-order valence-corrected chi connectivity index (χ2v) is 5.05. The number of benzene rings is 1. The third kappa shape index (κ3) is 2.61. The normalized spacial score (nSPS) is 10.7. The van der Waals surface area contributed by atoms with Crippen molar-refractivity contribution in [3.8, 4) is 6.07 Å². The van der Waals surface area contributed by atoms with Gasteiger partial charge in [-0.05, 0) is 23.8 Å². The summed E-state index contributed by atoms with van der Waals surface area (Å²) in [6, 6.07) is 6.07. The molecule has 3 N–H and O–H groups in total. The summed E-state index contributed by atoms with van der Waals surface area (Å²) >= 11 is 1.29. The molecule has 0 aliphatic heterocycles. The number of hydrogen-bond donors (Lipinski definition) is 2. The van der Waals surface area contributed by atoms with Crippen LogP contribution in [0.25, 0.3) is 11.2 Å². The van der Waals surface area contributed by atoms with Crippen LogP contribution in [-0.4, -0.2) is 25.4 Å². The van der Waals surface area contributed by atoms with Crippen molar-refractivity contribution >= 4 is 28.9 Å². The Bertz CT molecular complexity index is 854. The van der Waals surface area contributed by atoms with E-state index in [-0.39, 0.29) is 5.95 Å². The molecule has 7 nitrogen and oxygen atoms in total. The van der Waals surface area contributed by atoms with Crippen molar-refractivity contribution in [3.63, 3.8) is 0 Å².